The van der Waals surface area contributed by atoms with Gasteiger partial charge >= 0.3 is 5.97 Å². The molecule has 0 atom stereocenters. The van der Waals surface area contributed by atoms with E-state index in [-0.39, 0.29) is 12.2 Å². The number of allylic oxidation sites excluding steroid dienone is 1. The van der Waals surface area contributed by atoms with Crippen LogP contribution in [0.5, 0.6) is 5.75 Å². The molecule has 1 heterocycles. The fourth-order valence-electron chi connectivity index (χ4n) is 2.98. The lowest BCUT2D eigenvalue weighted by atomic mass is 10.0. The van der Waals surface area contributed by atoms with Gasteiger partial charge in [-0.2, -0.15) is 0 Å². The Labute approximate surface area is 163 Å². The lowest BCUT2D eigenvalue weighted by molar-refractivity contribution is -0.136. The van der Waals surface area contributed by atoms with Gasteiger partial charge in [-0.3, -0.25) is 9.59 Å². The second-order valence-electron chi connectivity index (χ2n) is 6.28. The summed E-state index contributed by atoms with van der Waals surface area (Å²) in [4.78, 5) is 23.8. The van der Waals surface area contributed by atoms with E-state index in [4.69, 9.17) is 9.84 Å². The average Bonchev–Trinajstić information content (AvgIpc) is 3.17. The largest absolute Gasteiger partial charge is 0.497 e. The van der Waals surface area contributed by atoms with Crippen molar-refractivity contribution < 1.29 is 19.4 Å². The number of rotatable bonds is 8. The lowest BCUT2D eigenvalue weighted by Gasteiger charge is -2.07. The highest BCUT2D eigenvalue weighted by Crippen LogP contribution is 2.16. The van der Waals surface area contributed by atoms with Gasteiger partial charge in [-0.1, -0.05) is 36.4 Å². The van der Waals surface area contributed by atoms with Gasteiger partial charge in [0.15, 0.2) is 0 Å². The van der Waals surface area contributed by atoms with Gasteiger partial charge in [0.1, 0.15) is 5.75 Å². The van der Waals surface area contributed by atoms with Crippen LogP contribution in [0, 0.1) is 0 Å². The molecule has 0 unspecified atom stereocenters. The molecule has 0 aliphatic heterocycles. The maximum atomic E-state index is 12.8. The van der Waals surface area contributed by atoms with Crippen molar-refractivity contribution >= 4 is 17.8 Å². The van der Waals surface area contributed by atoms with E-state index in [1.54, 1.807) is 37.4 Å². The zero-order valence-corrected chi connectivity index (χ0v) is 15.5. The van der Waals surface area contributed by atoms with Crippen LogP contribution in [0.1, 0.15) is 27.2 Å². The average molecular weight is 375 g/mol. The number of aliphatic carboxylic acids is 1. The lowest BCUT2D eigenvalue weighted by Crippen LogP contribution is -2.09. The number of ketones is 1. The van der Waals surface area contributed by atoms with Gasteiger partial charge in [0, 0.05) is 18.3 Å². The van der Waals surface area contributed by atoms with E-state index >= 15 is 0 Å². The van der Waals surface area contributed by atoms with Crippen LogP contribution >= 0.6 is 0 Å². The van der Waals surface area contributed by atoms with Crippen molar-refractivity contribution in [2.45, 2.75) is 13.0 Å². The molecule has 0 saturated carbocycles. The molecular formula is C23H21NO4. The molecule has 1 aromatic heterocycles. The number of carboxylic acid groups (broad SMARTS) is 1. The monoisotopic (exact) mass is 375 g/mol. The minimum Gasteiger partial charge on any atom is -0.497 e. The SMILES string of the molecule is COc1ccc(C(=O)c2cccn2C/C=C/c2ccccc2CC(=O)O)cc1. The van der Waals surface area contributed by atoms with Crippen LogP contribution < -0.4 is 4.74 Å². The summed E-state index contributed by atoms with van der Waals surface area (Å²) < 4.78 is 6.99. The molecule has 3 aromatic rings. The first-order valence-electron chi connectivity index (χ1n) is 8.88. The molecule has 142 valence electrons. The maximum absolute atomic E-state index is 12.8. The van der Waals surface area contributed by atoms with E-state index < -0.39 is 5.97 Å². The summed E-state index contributed by atoms with van der Waals surface area (Å²) in [5, 5.41) is 9.03. The summed E-state index contributed by atoms with van der Waals surface area (Å²) >= 11 is 0. The number of benzene rings is 2. The van der Waals surface area contributed by atoms with Gasteiger partial charge in [-0.25, -0.2) is 0 Å². The number of ether oxygens (including phenoxy) is 1. The molecule has 0 saturated heterocycles. The maximum Gasteiger partial charge on any atom is 0.307 e. The zero-order valence-electron chi connectivity index (χ0n) is 15.5. The molecule has 5 heteroatoms. The molecule has 5 nitrogen and oxygen atoms in total. The molecule has 0 bridgehead atoms. The molecule has 0 amide bonds. The van der Waals surface area contributed by atoms with Crippen LogP contribution in [0.25, 0.3) is 6.08 Å². The molecule has 1 N–H and O–H groups in total. The van der Waals surface area contributed by atoms with Crippen molar-refractivity contribution in [1.82, 2.24) is 4.57 Å². The van der Waals surface area contributed by atoms with Crippen LogP contribution in [0.15, 0.2) is 72.9 Å². The normalized spacial score (nSPS) is 10.9. The Morgan fingerprint density at radius 3 is 2.50 bits per heavy atom. The van der Waals surface area contributed by atoms with Gasteiger partial charge < -0.3 is 14.4 Å². The number of carboxylic acids is 1. The van der Waals surface area contributed by atoms with Gasteiger partial charge in [-0.05, 0) is 47.5 Å². The summed E-state index contributed by atoms with van der Waals surface area (Å²) in [6.45, 7) is 0.506. The van der Waals surface area contributed by atoms with Crippen LogP contribution in [0.3, 0.4) is 0 Å². The highest BCUT2D eigenvalue weighted by Gasteiger charge is 2.13. The highest BCUT2D eigenvalue weighted by molar-refractivity contribution is 6.08. The van der Waals surface area contributed by atoms with Crippen molar-refractivity contribution in [2.24, 2.45) is 0 Å². The third kappa shape index (κ3) is 4.57. The van der Waals surface area contributed by atoms with Crippen LogP contribution in [0.2, 0.25) is 0 Å². The van der Waals surface area contributed by atoms with E-state index in [0.29, 0.717) is 23.6 Å². The van der Waals surface area contributed by atoms with Crippen molar-refractivity contribution in [3.8, 4) is 5.75 Å². The second kappa shape index (κ2) is 8.86. The van der Waals surface area contributed by atoms with E-state index in [1.807, 2.05) is 53.2 Å². The fraction of sp³-hybridized carbons (Fsp3) is 0.130. The first-order valence-corrected chi connectivity index (χ1v) is 8.88. The fourth-order valence-corrected chi connectivity index (χ4v) is 2.98. The van der Waals surface area contributed by atoms with Crippen molar-refractivity contribution in [3.63, 3.8) is 0 Å². The second-order valence-corrected chi connectivity index (χ2v) is 6.28. The van der Waals surface area contributed by atoms with E-state index in [0.717, 1.165) is 11.1 Å². The predicted octanol–water partition coefficient (Wildman–Crippen LogP) is 4.07. The number of methoxy groups -OCH3 is 1. The summed E-state index contributed by atoms with van der Waals surface area (Å²) in [6.07, 6.45) is 5.64. The van der Waals surface area contributed by atoms with Crippen LogP contribution in [-0.2, 0) is 17.8 Å². The van der Waals surface area contributed by atoms with E-state index in [1.165, 1.54) is 0 Å². The molecule has 0 spiro atoms. The molecule has 28 heavy (non-hydrogen) atoms. The number of carbonyl (C=O) groups is 2. The molecule has 0 fully saturated rings. The zero-order chi connectivity index (χ0) is 19.9. The summed E-state index contributed by atoms with van der Waals surface area (Å²) in [6, 6.07) is 18.0. The molecule has 0 aliphatic carbocycles. The minimum atomic E-state index is -0.862. The quantitative estimate of drug-likeness (QED) is 0.603. The smallest absolute Gasteiger partial charge is 0.307 e. The Morgan fingerprint density at radius 1 is 1.04 bits per heavy atom. The Hall–Kier alpha value is -3.60. The van der Waals surface area contributed by atoms with Gasteiger partial charge in [0.25, 0.3) is 0 Å². The van der Waals surface area contributed by atoms with E-state index in [9.17, 15) is 9.59 Å². The van der Waals surface area contributed by atoms with Crippen molar-refractivity contribution in [1.29, 1.82) is 0 Å². The number of hydrogen-bond acceptors (Lipinski definition) is 3. The number of carbonyl (C=O) groups excluding carboxylic acids is 1. The predicted molar refractivity (Wildman–Crippen MR) is 108 cm³/mol. The molecule has 2 aromatic carbocycles. The molecule has 0 radical (unpaired) electrons. The topological polar surface area (TPSA) is 68.5 Å². The van der Waals surface area contributed by atoms with Crippen LogP contribution in [-0.4, -0.2) is 28.5 Å². The Kier molecular flexibility index (Phi) is 6.07. The highest BCUT2D eigenvalue weighted by atomic mass is 16.5. The molecule has 0 aliphatic rings. The number of aromatic nitrogens is 1. The minimum absolute atomic E-state index is 0.0226. The van der Waals surface area contributed by atoms with Crippen molar-refractivity contribution in [3.05, 3.63) is 95.3 Å². The first-order chi connectivity index (χ1) is 13.6. The number of nitrogens with zero attached hydrogens (tertiary/aromatic N) is 1. The summed E-state index contributed by atoms with van der Waals surface area (Å²) in [7, 11) is 1.59. The van der Waals surface area contributed by atoms with Gasteiger partial charge in [-0.15, -0.1) is 0 Å². The van der Waals surface area contributed by atoms with Gasteiger partial charge in [0.2, 0.25) is 5.78 Å². The van der Waals surface area contributed by atoms with E-state index in [2.05, 4.69) is 0 Å². The Bertz CT molecular complexity index is 999. The summed E-state index contributed by atoms with van der Waals surface area (Å²) in [5.74, 6) is -0.221. The van der Waals surface area contributed by atoms with Crippen LogP contribution in [0.4, 0.5) is 0 Å². The third-order valence-electron chi connectivity index (χ3n) is 4.41. The Balaban J connectivity index is 1.75. The first kappa shape index (κ1) is 19.2. The summed E-state index contributed by atoms with van der Waals surface area (Å²) in [5.41, 5.74) is 2.80. The third-order valence-corrected chi connectivity index (χ3v) is 4.41. The standard InChI is InChI=1S/C23H21NO4/c1-28-20-12-10-18(11-13-20)23(27)21-9-5-15-24(21)14-4-8-17-6-2-3-7-19(17)16-22(25)26/h2-13,15H,14,16H2,1H3,(H,25,26)/b8-4+. The molecule has 3 rings (SSSR count). The molecular weight excluding hydrogens is 354 g/mol. The van der Waals surface area contributed by atoms with Crippen molar-refractivity contribution in [2.75, 3.05) is 7.11 Å². The van der Waals surface area contributed by atoms with Gasteiger partial charge in [0.05, 0.1) is 19.2 Å². The Morgan fingerprint density at radius 2 is 1.79 bits per heavy atom. The number of hydrogen-bond donors (Lipinski definition) is 1.